The molecule has 0 radical (unpaired) electrons. The summed E-state index contributed by atoms with van der Waals surface area (Å²) in [6.07, 6.45) is 1.27. The van der Waals surface area contributed by atoms with E-state index in [2.05, 4.69) is 55.3 Å². The Morgan fingerprint density at radius 3 is 2.40 bits per heavy atom. The van der Waals surface area contributed by atoms with Gasteiger partial charge in [-0.1, -0.05) is 36.8 Å². The molecule has 3 nitrogen and oxygen atoms in total. The van der Waals surface area contributed by atoms with Gasteiger partial charge >= 0.3 is 0 Å². The Morgan fingerprint density at radius 1 is 1.30 bits per heavy atom. The van der Waals surface area contributed by atoms with Crippen molar-refractivity contribution in [1.82, 2.24) is 10.2 Å². The van der Waals surface area contributed by atoms with Crippen molar-refractivity contribution in [2.24, 2.45) is 5.92 Å². The highest BCUT2D eigenvalue weighted by molar-refractivity contribution is 5.79. The van der Waals surface area contributed by atoms with Crippen LogP contribution in [0.25, 0.3) is 0 Å². The van der Waals surface area contributed by atoms with Crippen molar-refractivity contribution in [2.75, 3.05) is 19.6 Å². The molecule has 3 heteroatoms. The molecular weight excluding hydrogens is 248 g/mol. The molecule has 1 fully saturated rings. The van der Waals surface area contributed by atoms with E-state index >= 15 is 0 Å². The van der Waals surface area contributed by atoms with Gasteiger partial charge in [-0.05, 0) is 45.8 Å². The third-order valence-electron chi connectivity index (χ3n) is 4.14. The molecule has 0 spiro atoms. The van der Waals surface area contributed by atoms with Gasteiger partial charge in [-0.2, -0.15) is 0 Å². The largest absolute Gasteiger partial charge is 0.347 e. The van der Waals surface area contributed by atoms with Gasteiger partial charge in [0.15, 0.2) is 0 Å². The summed E-state index contributed by atoms with van der Waals surface area (Å²) in [5.41, 5.74) is 2.06. The van der Waals surface area contributed by atoms with Gasteiger partial charge in [0.05, 0.1) is 5.54 Å². The SMILES string of the molecule is Cc1ccc(C(C)(C)NC(=O)[C@@H](C)CN2CCC2)cc1. The lowest BCUT2D eigenvalue weighted by Crippen LogP contribution is -2.48. The van der Waals surface area contributed by atoms with E-state index in [1.807, 2.05) is 6.92 Å². The lowest BCUT2D eigenvalue weighted by atomic mass is 9.92. The van der Waals surface area contributed by atoms with E-state index in [1.54, 1.807) is 0 Å². The molecule has 20 heavy (non-hydrogen) atoms. The first-order chi connectivity index (χ1) is 9.38. The maximum atomic E-state index is 12.3. The van der Waals surface area contributed by atoms with E-state index in [1.165, 1.54) is 12.0 Å². The monoisotopic (exact) mass is 274 g/mol. The quantitative estimate of drug-likeness (QED) is 0.895. The highest BCUT2D eigenvalue weighted by Crippen LogP contribution is 2.21. The summed E-state index contributed by atoms with van der Waals surface area (Å²) >= 11 is 0. The lowest BCUT2D eigenvalue weighted by molar-refractivity contribution is -0.127. The first-order valence-corrected chi connectivity index (χ1v) is 7.50. The highest BCUT2D eigenvalue weighted by Gasteiger charge is 2.27. The predicted octanol–water partition coefficient (Wildman–Crippen LogP) is 2.69. The van der Waals surface area contributed by atoms with Crippen molar-refractivity contribution in [3.05, 3.63) is 35.4 Å². The maximum Gasteiger partial charge on any atom is 0.224 e. The Balaban J connectivity index is 1.95. The molecule has 2 rings (SSSR count). The van der Waals surface area contributed by atoms with Crippen LogP contribution >= 0.6 is 0 Å². The fourth-order valence-corrected chi connectivity index (χ4v) is 2.51. The molecule has 1 aliphatic rings. The van der Waals surface area contributed by atoms with Crippen LogP contribution in [0.3, 0.4) is 0 Å². The normalized spacial score (nSPS) is 17.4. The number of nitrogens with one attached hydrogen (secondary N) is 1. The molecular formula is C17H26N2O. The number of nitrogens with zero attached hydrogens (tertiary/aromatic N) is 1. The van der Waals surface area contributed by atoms with Gasteiger partial charge in [-0.15, -0.1) is 0 Å². The van der Waals surface area contributed by atoms with Gasteiger partial charge in [0.25, 0.3) is 0 Å². The Labute approximate surface area is 122 Å². The van der Waals surface area contributed by atoms with Gasteiger partial charge in [0.1, 0.15) is 0 Å². The molecule has 1 aliphatic heterocycles. The smallest absolute Gasteiger partial charge is 0.224 e. The maximum absolute atomic E-state index is 12.3. The Bertz CT molecular complexity index is 460. The van der Waals surface area contributed by atoms with Crippen molar-refractivity contribution in [3.63, 3.8) is 0 Å². The molecule has 110 valence electrons. The number of carbonyl (C=O) groups excluding carboxylic acids is 1. The van der Waals surface area contributed by atoms with Crippen LogP contribution in [0.4, 0.5) is 0 Å². The van der Waals surface area contributed by atoms with E-state index in [-0.39, 0.29) is 17.4 Å². The molecule has 1 heterocycles. The molecule has 0 bridgehead atoms. The minimum Gasteiger partial charge on any atom is -0.347 e. The summed E-state index contributed by atoms with van der Waals surface area (Å²) in [5.74, 6) is 0.183. The zero-order valence-corrected chi connectivity index (χ0v) is 13.1. The second-order valence-corrected chi connectivity index (χ2v) is 6.54. The number of rotatable bonds is 5. The summed E-state index contributed by atoms with van der Waals surface area (Å²) in [4.78, 5) is 14.7. The molecule has 1 N–H and O–H groups in total. The molecule has 0 aromatic heterocycles. The van der Waals surface area contributed by atoms with Crippen molar-refractivity contribution in [1.29, 1.82) is 0 Å². The summed E-state index contributed by atoms with van der Waals surface area (Å²) in [5, 5.41) is 3.18. The average molecular weight is 274 g/mol. The molecule has 1 aromatic rings. The van der Waals surface area contributed by atoms with Gasteiger partial charge in [0.2, 0.25) is 5.91 Å². The average Bonchev–Trinajstić information content (AvgIpc) is 2.33. The Hall–Kier alpha value is -1.35. The second kappa shape index (κ2) is 5.96. The number of hydrogen-bond acceptors (Lipinski definition) is 2. The van der Waals surface area contributed by atoms with Gasteiger partial charge in [-0.3, -0.25) is 4.79 Å². The number of benzene rings is 1. The molecule has 0 unspecified atom stereocenters. The van der Waals surface area contributed by atoms with Crippen LogP contribution in [0.1, 0.15) is 38.3 Å². The van der Waals surface area contributed by atoms with Crippen LogP contribution in [0.5, 0.6) is 0 Å². The summed E-state index contributed by atoms with van der Waals surface area (Å²) in [7, 11) is 0. The van der Waals surface area contributed by atoms with Crippen molar-refractivity contribution in [2.45, 2.75) is 39.7 Å². The van der Waals surface area contributed by atoms with Gasteiger partial charge in [0, 0.05) is 12.5 Å². The zero-order valence-electron chi connectivity index (χ0n) is 13.1. The first-order valence-electron chi connectivity index (χ1n) is 7.50. The summed E-state index contributed by atoms with van der Waals surface area (Å²) in [6, 6.07) is 8.37. The molecule has 1 aromatic carbocycles. The van der Waals surface area contributed by atoms with Crippen LogP contribution in [0.2, 0.25) is 0 Å². The van der Waals surface area contributed by atoms with Crippen LogP contribution in [-0.2, 0) is 10.3 Å². The topological polar surface area (TPSA) is 32.3 Å². The van der Waals surface area contributed by atoms with Crippen LogP contribution in [0, 0.1) is 12.8 Å². The number of hydrogen-bond donors (Lipinski definition) is 1. The van der Waals surface area contributed by atoms with E-state index in [0.717, 1.165) is 25.2 Å². The number of amides is 1. The van der Waals surface area contributed by atoms with Crippen molar-refractivity contribution < 1.29 is 4.79 Å². The van der Waals surface area contributed by atoms with Crippen molar-refractivity contribution >= 4 is 5.91 Å². The van der Waals surface area contributed by atoms with Crippen molar-refractivity contribution in [3.8, 4) is 0 Å². The minimum absolute atomic E-state index is 0.0417. The standard InChI is InChI=1S/C17H26N2O/c1-13-6-8-15(9-7-13)17(3,4)18-16(20)14(2)12-19-10-5-11-19/h6-9,14H,5,10-12H2,1-4H3,(H,18,20)/t14-/m0/s1. The molecule has 1 atom stereocenters. The van der Waals surface area contributed by atoms with E-state index in [0.29, 0.717) is 0 Å². The van der Waals surface area contributed by atoms with E-state index in [9.17, 15) is 4.79 Å². The van der Waals surface area contributed by atoms with E-state index < -0.39 is 0 Å². The number of aryl methyl sites for hydroxylation is 1. The van der Waals surface area contributed by atoms with Gasteiger partial charge in [-0.25, -0.2) is 0 Å². The number of carbonyl (C=O) groups is 1. The fraction of sp³-hybridized carbons (Fsp3) is 0.588. The third kappa shape index (κ3) is 3.60. The lowest BCUT2D eigenvalue weighted by Gasteiger charge is -2.34. The third-order valence-corrected chi connectivity index (χ3v) is 4.14. The van der Waals surface area contributed by atoms with Crippen LogP contribution in [-0.4, -0.2) is 30.4 Å². The highest BCUT2D eigenvalue weighted by atomic mass is 16.2. The Morgan fingerprint density at radius 2 is 1.90 bits per heavy atom. The molecule has 0 saturated carbocycles. The zero-order chi connectivity index (χ0) is 14.8. The van der Waals surface area contributed by atoms with E-state index in [4.69, 9.17) is 0 Å². The van der Waals surface area contributed by atoms with Crippen LogP contribution in [0.15, 0.2) is 24.3 Å². The predicted molar refractivity (Wildman–Crippen MR) is 82.6 cm³/mol. The summed E-state index contributed by atoms with van der Waals surface area (Å²) in [6.45, 7) is 11.4. The van der Waals surface area contributed by atoms with Gasteiger partial charge < -0.3 is 10.2 Å². The fourth-order valence-electron chi connectivity index (χ4n) is 2.51. The first kappa shape index (κ1) is 15.0. The van der Waals surface area contributed by atoms with Crippen LogP contribution < -0.4 is 5.32 Å². The minimum atomic E-state index is -0.325. The second-order valence-electron chi connectivity index (χ2n) is 6.54. The summed E-state index contributed by atoms with van der Waals surface area (Å²) < 4.78 is 0. The molecule has 0 aliphatic carbocycles. The molecule has 1 amide bonds. The number of likely N-dealkylation sites (tertiary alicyclic amines) is 1. The Kier molecular flexibility index (Phi) is 4.48. The molecule has 1 saturated heterocycles.